The number of hydrogen-bond donors (Lipinski definition) is 2. The first kappa shape index (κ1) is 13.1. The van der Waals surface area contributed by atoms with Crippen molar-refractivity contribution in [2.45, 2.75) is 18.4 Å². The van der Waals surface area contributed by atoms with Crippen molar-refractivity contribution in [2.24, 2.45) is 11.7 Å². The third-order valence-electron chi connectivity index (χ3n) is 3.35. The number of ether oxygens (including phenoxy) is 1. The molecule has 0 radical (unpaired) electrons. The summed E-state index contributed by atoms with van der Waals surface area (Å²) in [7, 11) is 1.61. The minimum Gasteiger partial charge on any atom is -0.383 e. The Labute approximate surface area is 108 Å². The summed E-state index contributed by atoms with van der Waals surface area (Å²) < 4.78 is 5.01. The molecule has 1 saturated carbocycles. The van der Waals surface area contributed by atoms with Gasteiger partial charge in [0.2, 0.25) is 5.91 Å². The van der Waals surface area contributed by atoms with Crippen molar-refractivity contribution in [1.82, 2.24) is 5.32 Å². The number of methoxy groups -OCH3 is 1. The van der Waals surface area contributed by atoms with Crippen LogP contribution in [0.3, 0.4) is 0 Å². The number of benzene rings is 1. The molecule has 0 spiro atoms. The average Bonchev–Trinajstić information content (AvgIpc) is 3.19. The van der Waals surface area contributed by atoms with Crippen molar-refractivity contribution in [1.29, 1.82) is 0 Å². The molecule has 2 rings (SSSR count). The minimum atomic E-state index is -0.0838. The zero-order valence-electron chi connectivity index (χ0n) is 10.6. The fraction of sp³-hybridized carbons (Fsp3) is 0.500. The number of rotatable bonds is 6. The van der Waals surface area contributed by atoms with Crippen LogP contribution < -0.4 is 11.1 Å². The molecule has 0 aliphatic heterocycles. The number of carbonyl (C=O) groups is 1. The van der Waals surface area contributed by atoms with Crippen molar-refractivity contribution in [2.75, 3.05) is 20.3 Å². The van der Waals surface area contributed by atoms with E-state index in [1.54, 1.807) is 7.11 Å². The molecule has 3 atom stereocenters. The molecule has 4 heteroatoms. The normalized spacial score (nSPS) is 23.4. The van der Waals surface area contributed by atoms with E-state index in [9.17, 15) is 4.79 Å². The monoisotopic (exact) mass is 248 g/mol. The molecule has 1 amide bonds. The lowest BCUT2D eigenvalue weighted by Crippen LogP contribution is -2.44. The molecule has 4 nitrogen and oxygen atoms in total. The number of hydrogen-bond acceptors (Lipinski definition) is 3. The first-order chi connectivity index (χ1) is 8.76. The maximum Gasteiger partial charge on any atom is 0.224 e. The van der Waals surface area contributed by atoms with E-state index in [4.69, 9.17) is 10.5 Å². The second-order valence-electron chi connectivity index (χ2n) is 4.76. The average molecular weight is 248 g/mol. The first-order valence-electron chi connectivity index (χ1n) is 6.30. The smallest absolute Gasteiger partial charge is 0.224 e. The number of nitrogens with two attached hydrogens (primary N) is 1. The molecule has 1 aromatic rings. The Hall–Kier alpha value is -1.39. The molecule has 1 aromatic carbocycles. The maximum atomic E-state index is 12.0. The lowest BCUT2D eigenvalue weighted by molar-refractivity contribution is -0.123. The standard InChI is InChI=1S/C14H20N2O2/c1-18-9-11(8-15)16-14(17)13-7-12(13)10-5-3-2-4-6-10/h2-6,11-13H,7-9,15H2,1H3,(H,16,17). The van der Waals surface area contributed by atoms with Gasteiger partial charge in [-0.1, -0.05) is 30.3 Å². The molecule has 0 bridgehead atoms. The Balaban J connectivity index is 1.86. The molecular weight excluding hydrogens is 228 g/mol. The van der Waals surface area contributed by atoms with E-state index >= 15 is 0 Å². The molecule has 3 N–H and O–H groups in total. The molecule has 0 saturated heterocycles. The second kappa shape index (κ2) is 5.98. The van der Waals surface area contributed by atoms with Gasteiger partial charge in [-0.05, 0) is 17.9 Å². The van der Waals surface area contributed by atoms with Crippen molar-refractivity contribution >= 4 is 5.91 Å². The first-order valence-corrected chi connectivity index (χ1v) is 6.30. The van der Waals surface area contributed by atoms with E-state index in [1.807, 2.05) is 18.2 Å². The molecule has 1 aliphatic carbocycles. The van der Waals surface area contributed by atoms with E-state index < -0.39 is 0 Å². The Morgan fingerprint density at radius 1 is 1.50 bits per heavy atom. The SMILES string of the molecule is COCC(CN)NC(=O)C1CC1c1ccccc1. The van der Waals surface area contributed by atoms with Gasteiger partial charge in [0.25, 0.3) is 0 Å². The second-order valence-corrected chi connectivity index (χ2v) is 4.76. The van der Waals surface area contributed by atoms with Crippen molar-refractivity contribution in [3.63, 3.8) is 0 Å². The fourth-order valence-corrected chi connectivity index (χ4v) is 2.23. The van der Waals surface area contributed by atoms with Crippen LogP contribution in [0.5, 0.6) is 0 Å². The van der Waals surface area contributed by atoms with Crippen LogP contribution in [-0.4, -0.2) is 32.2 Å². The van der Waals surface area contributed by atoms with Gasteiger partial charge in [-0.25, -0.2) is 0 Å². The molecule has 18 heavy (non-hydrogen) atoms. The Morgan fingerprint density at radius 2 is 2.22 bits per heavy atom. The largest absolute Gasteiger partial charge is 0.383 e. The van der Waals surface area contributed by atoms with Crippen LogP contribution in [-0.2, 0) is 9.53 Å². The van der Waals surface area contributed by atoms with E-state index in [1.165, 1.54) is 5.56 Å². The van der Waals surface area contributed by atoms with Gasteiger partial charge in [0, 0.05) is 19.6 Å². The lowest BCUT2D eigenvalue weighted by atomic mass is 10.1. The van der Waals surface area contributed by atoms with Crippen molar-refractivity contribution in [3.8, 4) is 0 Å². The minimum absolute atomic E-state index is 0.0838. The van der Waals surface area contributed by atoms with Crippen LogP contribution in [0.4, 0.5) is 0 Å². The third-order valence-corrected chi connectivity index (χ3v) is 3.35. The van der Waals surface area contributed by atoms with E-state index in [0.29, 0.717) is 19.1 Å². The summed E-state index contributed by atoms with van der Waals surface area (Å²) in [5, 5.41) is 2.94. The topological polar surface area (TPSA) is 64.3 Å². The zero-order valence-corrected chi connectivity index (χ0v) is 10.6. The van der Waals surface area contributed by atoms with Crippen molar-refractivity contribution < 1.29 is 9.53 Å². The van der Waals surface area contributed by atoms with E-state index in [2.05, 4.69) is 17.4 Å². The molecule has 3 unspecified atom stereocenters. The molecule has 1 aliphatic rings. The molecule has 0 aromatic heterocycles. The highest BCUT2D eigenvalue weighted by atomic mass is 16.5. The highest BCUT2D eigenvalue weighted by Gasteiger charge is 2.44. The predicted molar refractivity (Wildman–Crippen MR) is 70.2 cm³/mol. The Bertz CT molecular complexity index is 394. The van der Waals surface area contributed by atoms with Crippen LogP contribution in [0, 0.1) is 5.92 Å². The Kier molecular flexibility index (Phi) is 4.33. The Morgan fingerprint density at radius 3 is 2.83 bits per heavy atom. The van der Waals surface area contributed by atoms with Gasteiger partial charge in [-0.3, -0.25) is 4.79 Å². The number of nitrogens with one attached hydrogen (secondary N) is 1. The van der Waals surface area contributed by atoms with Gasteiger partial charge in [0.05, 0.1) is 12.6 Å². The van der Waals surface area contributed by atoms with Gasteiger partial charge in [-0.15, -0.1) is 0 Å². The summed E-state index contributed by atoms with van der Waals surface area (Å²) in [4.78, 5) is 12.0. The lowest BCUT2D eigenvalue weighted by Gasteiger charge is -2.15. The van der Waals surface area contributed by atoms with Crippen LogP contribution >= 0.6 is 0 Å². The highest BCUT2D eigenvalue weighted by Crippen LogP contribution is 2.47. The fourth-order valence-electron chi connectivity index (χ4n) is 2.23. The van der Waals surface area contributed by atoms with E-state index in [-0.39, 0.29) is 17.9 Å². The van der Waals surface area contributed by atoms with Gasteiger partial charge >= 0.3 is 0 Å². The van der Waals surface area contributed by atoms with Gasteiger partial charge in [-0.2, -0.15) is 0 Å². The third kappa shape index (κ3) is 3.09. The quantitative estimate of drug-likeness (QED) is 0.785. The summed E-state index contributed by atoms with van der Waals surface area (Å²) in [6, 6.07) is 10.1. The highest BCUT2D eigenvalue weighted by molar-refractivity contribution is 5.83. The summed E-state index contributed by atoms with van der Waals surface area (Å²) in [6.07, 6.45) is 0.931. The van der Waals surface area contributed by atoms with Crippen LogP contribution in [0.15, 0.2) is 30.3 Å². The van der Waals surface area contributed by atoms with Gasteiger partial charge in [0.15, 0.2) is 0 Å². The van der Waals surface area contributed by atoms with Crippen LogP contribution in [0.2, 0.25) is 0 Å². The van der Waals surface area contributed by atoms with Crippen LogP contribution in [0.25, 0.3) is 0 Å². The number of carbonyl (C=O) groups excluding carboxylic acids is 1. The summed E-state index contributed by atoms with van der Waals surface area (Å²) in [6.45, 7) is 0.868. The zero-order chi connectivity index (χ0) is 13.0. The molecule has 1 fully saturated rings. The van der Waals surface area contributed by atoms with Gasteiger partial charge < -0.3 is 15.8 Å². The van der Waals surface area contributed by atoms with Gasteiger partial charge in [0.1, 0.15) is 0 Å². The molecular formula is C14H20N2O2. The maximum absolute atomic E-state index is 12.0. The van der Waals surface area contributed by atoms with Crippen molar-refractivity contribution in [3.05, 3.63) is 35.9 Å². The number of amides is 1. The summed E-state index contributed by atoms with van der Waals surface area (Å²) in [5.41, 5.74) is 6.82. The van der Waals surface area contributed by atoms with E-state index in [0.717, 1.165) is 6.42 Å². The predicted octanol–water partition coefficient (Wildman–Crippen LogP) is 0.880. The summed E-state index contributed by atoms with van der Waals surface area (Å²) >= 11 is 0. The molecule has 98 valence electrons. The summed E-state index contributed by atoms with van der Waals surface area (Å²) in [5.74, 6) is 0.557. The van der Waals surface area contributed by atoms with Crippen LogP contribution in [0.1, 0.15) is 17.9 Å². The molecule has 0 heterocycles.